The normalized spacial score (nSPS) is 13.7. The van der Waals surface area contributed by atoms with Crippen molar-refractivity contribution >= 4 is 51.0 Å². The summed E-state index contributed by atoms with van der Waals surface area (Å²) < 4.78 is 64.3. The number of amides is 1. The molecule has 1 heterocycles. The largest absolute Gasteiger partial charge is 0.506 e. The number of carboxylic acids is 2. The number of rotatable bonds is 13. The number of hydrogen-bond acceptors (Lipinski definition) is 8. The number of carbonyl (C=O) groups excluding carboxylic acids is 1. The molecule has 1 amide bonds. The standard InChI is InChI=1S/C29H39ClN4O3S.2C2HF3O2/c30-23-10-7-21(8-11-23)13-16-31-18-15-26(36)34(24-5-3-1-2-4-6-24)20-19-32-17-14-22-9-12-25(35)27-28(22)38-29(37)33-27;2*3-2(4,5)1(6)7/h7-12,24,31-32,35H,1-6,13-20H2,(H,33,37);2*(H,6,7). The van der Waals surface area contributed by atoms with Gasteiger partial charge < -0.3 is 35.8 Å². The molecule has 52 heavy (non-hydrogen) atoms. The van der Waals surface area contributed by atoms with E-state index in [0.717, 1.165) is 71.9 Å². The summed E-state index contributed by atoms with van der Waals surface area (Å²) in [7, 11) is 0. The third-order valence-electron chi connectivity index (χ3n) is 7.83. The van der Waals surface area contributed by atoms with E-state index < -0.39 is 24.3 Å². The molecule has 0 atom stereocenters. The predicted molar refractivity (Wildman–Crippen MR) is 184 cm³/mol. The molecule has 0 unspecified atom stereocenters. The van der Waals surface area contributed by atoms with Gasteiger partial charge in [0.25, 0.3) is 0 Å². The summed E-state index contributed by atoms with van der Waals surface area (Å²) in [4.78, 5) is 47.5. The van der Waals surface area contributed by atoms with E-state index in [1.165, 1.54) is 31.2 Å². The van der Waals surface area contributed by atoms with Crippen molar-refractivity contribution in [2.24, 2.45) is 0 Å². The lowest BCUT2D eigenvalue weighted by Gasteiger charge is -2.32. The quantitative estimate of drug-likeness (QED) is 0.0679. The molecule has 0 saturated heterocycles. The number of nitrogens with zero attached hydrogens (tertiary/aromatic N) is 1. The number of aromatic nitrogens is 1. The van der Waals surface area contributed by atoms with E-state index in [1.54, 1.807) is 6.07 Å². The molecular weight excluding hydrogens is 746 g/mol. The number of hydrogen-bond donors (Lipinski definition) is 6. The molecule has 2 aromatic carbocycles. The van der Waals surface area contributed by atoms with Gasteiger partial charge in [-0.15, -0.1) is 0 Å². The molecule has 0 spiro atoms. The second-order valence-corrected chi connectivity index (χ2v) is 13.1. The Hall–Kier alpha value is -3.87. The van der Waals surface area contributed by atoms with Crippen molar-refractivity contribution in [3.8, 4) is 5.75 Å². The monoisotopic (exact) mass is 786 g/mol. The van der Waals surface area contributed by atoms with Gasteiger partial charge in [-0.05, 0) is 68.1 Å². The minimum atomic E-state index is -5.08. The summed E-state index contributed by atoms with van der Waals surface area (Å²) in [5, 5.41) is 31.9. The predicted octanol–water partition coefficient (Wildman–Crippen LogP) is 6.12. The van der Waals surface area contributed by atoms with Gasteiger partial charge in [0.05, 0.1) is 4.70 Å². The number of carboxylic acid groups (broad SMARTS) is 2. The summed E-state index contributed by atoms with van der Waals surface area (Å²) >= 11 is 7.09. The molecule has 11 nitrogen and oxygen atoms in total. The van der Waals surface area contributed by atoms with Gasteiger partial charge in [-0.1, -0.05) is 66.8 Å². The van der Waals surface area contributed by atoms with Crippen LogP contribution in [0.25, 0.3) is 10.2 Å². The Morgan fingerprint density at radius 2 is 1.37 bits per heavy atom. The molecule has 19 heteroatoms. The van der Waals surface area contributed by atoms with Crippen molar-refractivity contribution in [3.63, 3.8) is 0 Å². The van der Waals surface area contributed by atoms with Crippen LogP contribution in [-0.2, 0) is 27.2 Å². The van der Waals surface area contributed by atoms with E-state index in [-0.39, 0.29) is 16.5 Å². The van der Waals surface area contributed by atoms with Gasteiger partial charge in [0, 0.05) is 37.1 Å². The molecule has 1 saturated carbocycles. The van der Waals surface area contributed by atoms with E-state index in [1.807, 2.05) is 30.3 Å². The third kappa shape index (κ3) is 16.2. The van der Waals surface area contributed by atoms with Crippen LogP contribution in [0.3, 0.4) is 0 Å². The van der Waals surface area contributed by atoms with E-state index in [9.17, 15) is 41.0 Å². The summed E-state index contributed by atoms with van der Waals surface area (Å²) in [5.74, 6) is -5.18. The highest BCUT2D eigenvalue weighted by atomic mass is 35.5. The molecule has 1 aromatic heterocycles. The Kier molecular flexibility index (Phi) is 18.4. The second-order valence-electron chi connectivity index (χ2n) is 11.7. The van der Waals surface area contributed by atoms with Gasteiger partial charge in [0.1, 0.15) is 11.3 Å². The molecule has 0 radical (unpaired) electrons. The number of fused-ring (bicyclic) bond motifs is 1. The van der Waals surface area contributed by atoms with Gasteiger partial charge in [-0.25, -0.2) is 9.59 Å². The number of nitrogens with one attached hydrogen (secondary N) is 3. The molecule has 4 rings (SSSR count). The number of carbonyl (C=O) groups is 3. The maximum Gasteiger partial charge on any atom is 0.490 e. The van der Waals surface area contributed by atoms with Crippen molar-refractivity contribution in [3.05, 3.63) is 62.2 Å². The fourth-order valence-corrected chi connectivity index (χ4v) is 6.27. The molecule has 1 aliphatic rings. The minimum Gasteiger partial charge on any atom is -0.506 e. The SMILES string of the molecule is O=C(CCNCCc1ccc(Cl)cc1)N(CCNCCc1ccc(O)c2[nH]c(=O)sc12)C1CCCCCC1.O=C(O)C(F)(F)F.O=C(O)C(F)(F)F. The summed E-state index contributed by atoms with van der Waals surface area (Å²) in [6.07, 6.45) is -0.912. The molecular formula is C33H41ClF6N4O7S. The Bertz CT molecular complexity index is 1600. The molecule has 1 fully saturated rings. The number of aromatic amines is 1. The third-order valence-corrected chi connectivity index (χ3v) is 9.04. The van der Waals surface area contributed by atoms with Crippen LogP contribution in [0.15, 0.2) is 41.2 Å². The highest BCUT2D eigenvalue weighted by Crippen LogP contribution is 2.28. The lowest BCUT2D eigenvalue weighted by molar-refractivity contribution is -0.193. The summed E-state index contributed by atoms with van der Waals surface area (Å²) in [6.45, 7) is 3.69. The Balaban J connectivity index is 0.000000564. The van der Waals surface area contributed by atoms with Crippen LogP contribution in [0.1, 0.15) is 56.1 Å². The van der Waals surface area contributed by atoms with Crippen LogP contribution in [-0.4, -0.2) is 94.2 Å². The van der Waals surface area contributed by atoms with Gasteiger partial charge in [-0.2, -0.15) is 26.3 Å². The summed E-state index contributed by atoms with van der Waals surface area (Å²) in [5.41, 5.74) is 2.79. The number of phenols is 1. The van der Waals surface area contributed by atoms with Crippen molar-refractivity contribution in [1.29, 1.82) is 0 Å². The van der Waals surface area contributed by atoms with Crippen molar-refractivity contribution in [1.82, 2.24) is 20.5 Å². The highest BCUT2D eigenvalue weighted by Gasteiger charge is 2.39. The molecule has 0 bridgehead atoms. The number of phenolic OH excluding ortho intramolecular Hbond substituents is 1. The number of aliphatic carboxylic acids is 2. The molecule has 0 aliphatic heterocycles. The fraction of sp³-hybridized carbons (Fsp3) is 0.515. The van der Waals surface area contributed by atoms with E-state index in [2.05, 4.69) is 20.5 Å². The number of H-pyrrole nitrogens is 1. The fourth-order valence-electron chi connectivity index (χ4n) is 5.25. The first-order valence-corrected chi connectivity index (χ1v) is 17.5. The number of halogens is 7. The maximum atomic E-state index is 13.3. The highest BCUT2D eigenvalue weighted by molar-refractivity contribution is 7.16. The summed E-state index contributed by atoms with van der Waals surface area (Å²) in [6, 6.07) is 11.7. The first kappa shape index (κ1) is 44.3. The van der Waals surface area contributed by atoms with Crippen LogP contribution < -0.4 is 15.5 Å². The average molecular weight is 787 g/mol. The topological polar surface area (TPSA) is 172 Å². The first-order chi connectivity index (χ1) is 24.4. The van der Waals surface area contributed by atoms with E-state index in [0.29, 0.717) is 31.1 Å². The molecule has 1 aliphatic carbocycles. The number of aromatic hydroxyl groups is 1. The van der Waals surface area contributed by atoms with Gasteiger partial charge in [-0.3, -0.25) is 9.59 Å². The second kappa shape index (κ2) is 21.6. The lowest BCUT2D eigenvalue weighted by atomic mass is 10.1. The van der Waals surface area contributed by atoms with Crippen LogP contribution in [0, 0.1) is 0 Å². The Morgan fingerprint density at radius 3 is 1.92 bits per heavy atom. The van der Waals surface area contributed by atoms with Crippen LogP contribution in [0.5, 0.6) is 5.75 Å². The Labute approximate surface area is 304 Å². The number of alkyl halides is 6. The minimum absolute atomic E-state index is 0.104. The van der Waals surface area contributed by atoms with Crippen LogP contribution in [0.2, 0.25) is 5.02 Å². The first-order valence-electron chi connectivity index (χ1n) is 16.3. The van der Waals surface area contributed by atoms with Crippen LogP contribution >= 0.6 is 22.9 Å². The van der Waals surface area contributed by atoms with Crippen molar-refractivity contribution in [2.45, 2.75) is 76.2 Å². The number of thiazole rings is 1. The van der Waals surface area contributed by atoms with E-state index >= 15 is 0 Å². The zero-order chi connectivity index (χ0) is 38.9. The van der Waals surface area contributed by atoms with E-state index in [4.69, 9.17) is 31.4 Å². The average Bonchev–Trinajstić information content (AvgIpc) is 3.27. The van der Waals surface area contributed by atoms with Gasteiger partial charge >= 0.3 is 29.2 Å². The zero-order valence-corrected chi connectivity index (χ0v) is 29.5. The Morgan fingerprint density at radius 1 is 0.827 bits per heavy atom. The van der Waals surface area contributed by atoms with Crippen molar-refractivity contribution in [2.75, 3.05) is 32.7 Å². The lowest BCUT2D eigenvalue weighted by Crippen LogP contribution is -2.45. The number of benzene rings is 2. The molecule has 290 valence electrons. The molecule has 6 N–H and O–H groups in total. The molecule has 3 aromatic rings. The maximum absolute atomic E-state index is 13.3. The van der Waals surface area contributed by atoms with Gasteiger partial charge in [0.15, 0.2) is 0 Å². The van der Waals surface area contributed by atoms with Crippen LogP contribution in [0.4, 0.5) is 26.3 Å². The zero-order valence-electron chi connectivity index (χ0n) is 27.9. The van der Waals surface area contributed by atoms with Gasteiger partial charge in [0.2, 0.25) is 5.91 Å². The van der Waals surface area contributed by atoms with Crippen molar-refractivity contribution < 1.29 is 56.0 Å². The smallest absolute Gasteiger partial charge is 0.490 e.